The lowest BCUT2D eigenvalue weighted by atomic mass is 10.1. The van der Waals surface area contributed by atoms with Gasteiger partial charge < -0.3 is 9.47 Å². The highest BCUT2D eigenvalue weighted by Crippen LogP contribution is 2.13. The van der Waals surface area contributed by atoms with Gasteiger partial charge in [0.25, 0.3) is 0 Å². The van der Waals surface area contributed by atoms with Gasteiger partial charge in [0.05, 0.1) is 0 Å². The number of halogens is 1. The number of alkyl halides is 1. The molecule has 0 aromatic rings. The summed E-state index contributed by atoms with van der Waals surface area (Å²) >= 11 is 5.66. The third-order valence-corrected chi connectivity index (χ3v) is 5.07. The molecule has 162 valence electrons. The number of ether oxygens (including phenoxy) is 2. The molecule has 0 atom stereocenters. The van der Waals surface area contributed by atoms with Crippen molar-refractivity contribution in [3.05, 3.63) is 12.2 Å². The first-order chi connectivity index (χ1) is 13.3. The second-order valence-corrected chi connectivity index (χ2v) is 7.96. The van der Waals surface area contributed by atoms with Crippen molar-refractivity contribution >= 4 is 11.6 Å². The van der Waals surface area contributed by atoms with E-state index < -0.39 is 0 Å². The summed E-state index contributed by atoms with van der Waals surface area (Å²) in [5.41, 5.74) is 0. The van der Waals surface area contributed by atoms with E-state index >= 15 is 0 Å². The van der Waals surface area contributed by atoms with E-state index in [-0.39, 0.29) is 6.29 Å². The molecule has 2 nitrogen and oxygen atoms in total. The fraction of sp³-hybridized carbons (Fsp3) is 0.917. The molecule has 0 N–H and O–H groups in total. The van der Waals surface area contributed by atoms with Crippen LogP contribution in [0.5, 0.6) is 0 Å². The van der Waals surface area contributed by atoms with Crippen molar-refractivity contribution in [2.75, 3.05) is 19.1 Å². The maximum atomic E-state index is 6.04. The van der Waals surface area contributed by atoms with E-state index in [0.717, 1.165) is 31.9 Å². The standard InChI is InChI=1S/C24H47ClO2/c1-3-5-7-18-22-26-24(27-23-19-8-6-4-2)20-16-14-12-10-9-11-13-15-17-21-25/h13,15,24H,3-12,14,16-23H2,1-2H3/b15-13+. The highest BCUT2D eigenvalue weighted by atomic mass is 35.5. The molecule has 3 heteroatoms. The Kier molecular flexibility index (Phi) is 23.9. The monoisotopic (exact) mass is 402 g/mol. The first-order valence-corrected chi connectivity index (χ1v) is 12.3. The van der Waals surface area contributed by atoms with Gasteiger partial charge in [0, 0.05) is 19.1 Å². The molecule has 0 aliphatic heterocycles. The van der Waals surface area contributed by atoms with Gasteiger partial charge >= 0.3 is 0 Å². The lowest BCUT2D eigenvalue weighted by Crippen LogP contribution is -2.19. The Morgan fingerprint density at radius 1 is 0.630 bits per heavy atom. The Morgan fingerprint density at radius 2 is 1.15 bits per heavy atom. The van der Waals surface area contributed by atoms with E-state index in [1.54, 1.807) is 0 Å². The molecular formula is C24H47ClO2. The van der Waals surface area contributed by atoms with Crippen molar-refractivity contribution in [3.8, 4) is 0 Å². The SMILES string of the molecule is CCCCCCOC(CCCCCCC/C=C/CCCl)OCCCCCC. The van der Waals surface area contributed by atoms with Gasteiger partial charge in [0.2, 0.25) is 0 Å². The van der Waals surface area contributed by atoms with E-state index in [1.807, 2.05) is 0 Å². The lowest BCUT2D eigenvalue weighted by molar-refractivity contribution is -0.148. The molecule has 0 saturated heterocycles. The van der Waals surface area contributed by atoms with Crippen LogP contribution in [0.4, 0.5) is 0 Å². The molecule has 0 aliphatic carbocycles. The molecule has 0 fully saturated rings. The Bertz CT molecular complexity index is 280. The molecule has 0 radical (unpaired) electrons. The summed E-state index contributed by atoms with van der Waals surface area (Å²) in [6.07, 6.45) is 24.3. The van der Waals surface area contributed by atoms with Crippen molar-refractivity contribution in [2.45, 2.75) is 123 Å². The Balaban J connectivity index is 3.73. The molecular weight excluding hydrogens is 356 g/mol. The molecule has 0 aromatic carbocycles. The van der Waals surface area contributed by atoms with Crippen LogP contribution in [0.15, 0.2) is 12.2 Å². The Hall–Kier alpha value is -0.0500. The third kappa shape index (κ3) is 22.1. The first-order valence-electron chi connectivity index (χ1n) is 11.8. The Morgan fingerprint density at radius 3 is 1.74 bits per heavy atom. The van der Waals surface area contributed by atoms with E-state index in [4.69, 9.17) is 21.1 Å². The number of allylic oxidation sites excluding steroid dienone is 2. The summed E-state index contributed by atoms with van der Waals surface area (Å²) in [5, 5.41) is 0. The lowest BCUT2D eigenvalue weighted by Gasteiger charge is -2.19. The Labute approximate surface area is 175 Å². The predicted octanol–water partition coefficient (Wildman–Crippen LogP) is 8.42. The minimum Gasteiger partial charge on any atom is -0.353 e. The molecule has 0 unspecified atom stereocenters. The maximum absolute atomic E-state index is 6.04. The van der Waals surface area contributed by atoms with Gasteiger partial charge in [-0.1, -0.05) is 83.8 Å². The van der Waals surface area contributed by atoms with Crippen LogP contribution in [0, 0.1) is 0 Å². The van der Waals surface area contributed by atoms with Gasteiger partial charge in [-0.15, -0.1) is 11.6 Å². The zero-order chi connectivity index (χ0) is 19.8. The fourth-order valence-electron chi connectivity index (χ4n) is 3.10. The van der Waals surface area contributed by atoms with Crippen molar-refractivity contribution in [1.82, 2.24) is 0 Å². The summed E-state index contributed by atoms with van der Waals surface area (Å²) in [7, 11) is 0. The molecule has 0 aromatic heterocycles. The van der Waals surface area contributed by atoms with Crippen molar-refractivity contribution in [2.24, 2.45) is 0 Å². The van der Waals surface area contributed by atoms with Crippen LogP contribution in [0.25, 0.3) is 0 Å². The van der Waals surface area contributed by atoms with E-state index in [2.05, 4.69) is 26.0 Å². The maximum Gasteiger partial charge on any atom is 0.157 e. The number of hydrogen-bond donors (Lipinski definition) is 0. The van der Waals surface area contributed by atoms with Gasteiger partial charge in [0.1, 0.15) is 0 Å². The van der Waals surface area contributed by atoms with Crippen molar-refractivity contribution in [1.29, 1.82) is 0 Å². The zero-order valence-electron chi connectivity index (χ0n) is 18.4. The fourth-order valence-corrected chi connectivity index (χ4v) is 3.23. The van der Waals surface area contributed by atoms with Crippen molar-refractivity contribution < 1.29 is 9.47 Å². The van der Waals surface area contributed by atoms with Gasteiger partial charge in [-0.25, -0.2) is 0 Å². The minimum atomic E-state index is 0.0201. The van der Waals surface area contributed by atoms with Crippen LogP contribution in [0.2, 0.25) is 0 Å². The molecule has 0 amide bonds. The van der Waals surface area contributed by atoms with Crippen LogP contribution < -0.4 is 0 Å². The molecule has 0 rings (SSSR count). The van der Waals surface area contributed by atoms with Crippen LogP contribution in [0.1, 0.15) is 117 Å². The quantitative estimate of drug-likeness (QED) is 0.0782. The van der Waals surface area contributed by atoms with E-state index in [0.29, 0.717) is 0 Å². The summed E-state index contributed by atoms with van der Waals surface area (Å²) in [5.74, 6) is 0.735. The second kappa shape index (κ2) is 24.0. The predicted molar refractivity (Wildman–Crippen MR) is 121 cm³/mol. The van der Waals surface area contributed by atoms with Gasteiger partial charge in [-0.2, -0.15) is 0 Å². The highest BCUT2D eigenvalue weighted by Gasteiger charge is 2.09. The number of hydrogen-bond acceptors (Lipinski definition) is 2. The van der Waals surface area contributed by atoms with Gasteiger partial charge in [-0.3, -0.25) is 0 Å². The van der Waals surface area contributed by atoms with Gasteiger partial charge in [0.15, 0.2) is 6.29 Å². The molecule has 0 heterocycles. The molecule has 0 saturated carbocycles. The van der Waals surface area contributed by atoms with Crippen molar-refractivity contribution in [3.63, 3.8) is 0 Å². The van der Waals surface area contributed by atoms with Crippen LogP contribution >= 0.6 is 11.6 Å². The van der Waals surface area contributed by atoms with Crippen LogP contribution in [0.3, 0.4) is 0 Å². The minimum absolute atomic E-state index is 0.0201. The first kappa shape index (κ1) is 27.0. The largest absolute Gasteiger partial charge is 0.353 e. The van der Waals surface area contributed by atoms with Crippen LogP contribution in [-0.4, -0.2) is 25.4 Å². The molecule has 0 bridgehead atoms. The van der Waals surface area contributed by atoms with Gasteiger partial charge in [-0.05, 0) is 44.9 Å². The van der Waals surface area contributed by atoms with E-state index in [1.165, 1.54) is 89.9 Å². The number of unbranched alkanes of at least 4 members (excludes halogenated alkanes) is 11. The third-order valence-electron chi connectivity index (χ3n) is 4.86. The van der Waals surface area contributed by atoms with Crippen LogP contribution in [-0.2, 0) is 9.47 Å². The highest BCUT2D eigenvalue weighted by molar-refractivity contribution is 6.17. The number of rotatable bonds is 22. The summed E-state index contributed by atoms with van der Waals surface area (Å²) in [6, 6.07) is 0. The molecule has 27 heavy (non-hydrogen) atoms. The summed E-state index contributed by atoms with van der Waals surface area (Å²) in [4.78, 5) is 0. The smallest absolute Gasteiger partial charge is 0.157 e. The summed E-state index contributed by atoms with van der Waals surface area (Å²) < 4.78 is 12.1. The van der Waals surface area contributed by atoms with E-state index in [9.17, 15) is 0 Å². The summed E-state index contributed by atoms with van der Waals surface area (Å²) in [6.45, 7) is 6.21. The zero-order valence-corrected chi connectivity index (χ0v) is 19.1. The molecule has 0 aliphatic rings. The molecule has 0 spiro atoms. The normalized spacial score (nSPS) is 11.9. The average Bonchev–Trinajstić information content (AvgIpc) is 2.68. The average molecular weight is 403 g/mol. The topological polar surface area (TPSA) is 18.5 Å². The second-order valence-electron chi connectivity index (χ2n) is 7.59.